The lowest BCUT2D eigenvalue weighted by Crippen LogP contribution is -2.30. The highest BCUT2D eigenvalue weighted by Gasteiger charge is 2.00. The molecule has 0 aromatic heterocycles. The predicted molar refractivity (Wildman–Crippen MR) is 61.3 cm³/mol. The molecule has 0 saturated carbocycles. The summed E-state index contributed by atoms with van der Waals surface area (Å²) in [6.45, 7) is 2.43. The highest BCUT2D eigenvalue weighted by Crippen LogP contribution is 2.02. The van der Waals surface area contributed by atoms with Crippen molar-refractivity contribution in [3.63, 3.8) is 0 Å². The lowest BCUT2D eigenvalue weighted by molar-refractivity contribution is 0.537. The molecule has 0 aliphatic carbocycles. The van der Waals surface area contributed by atoms with Crippen LogP contribution in [0.2, 0.25) is 0 Å². The lowest BCUT2D eigenvalue weighted by Gasteiger charge is -2.13. The van der Waals surface area contributed by atoms with Crippen LogP contribution in [0.3, 0.4) is 0 Å². The molecule has 2 heteroatoms. The molecule has 2 atom stereocenters. The van der Waals surface area contributed by atoms with Crippen LogP contribution >= 0.6 is 0 Å². The van der Waals surface area contributed by atoms with Crippen LogP contribution in [-0.4, -0.2) is 19.1 Å². The van der Waals surface area contributed by atoms with Crippen molar-refractivity contribution in [2.24, 2.45) is 5.73 Å². The molecule has 1 aromatic carbocycles. The molecule has 0 spiro atoms. The van der Waals surface area contributed by atoms with E-state index in [2.05, 4.69) is 24.4 Å². The molecule has 0 saturated heterocycles. The molecule has 78 valence electrons. The van der Waals surface area contributed by atoms with E-state index in [1.807, 2.05) is 18.2 Å². The van der Waals surface area contributed by atoms with E-state index in [4.69, 9.17) is 7.10 Å². The maximum Gasteiger partial charge on any atom is 0.0428 e. The Morgan fingerprint density at radius 2 is 2.14 bits per heavy atom. The Kier molecular flexibility index (Phi) is 4.55. The summed E-state index contributed by atoms with van der Waals surface area (Å²) in [5.41, 5.74) is 6.70. The molecule has 0 aliphatic rings. The molecule has 1 aromatic rings. The van der Waals surface area contributed by atoms with Gasteiger partial charge in [0.15, 0.2) is 0 Å². The van der Waals surface area contributed by atoms with Crippen LogP contribution in [0.25, 0.3) is 0 Å². The summed E-state index contributed by atoms with van der Waals surface area (Å²) in [6, 6.07) is 10.6. The number of nitrogens with two attached hydrogens (primary N) is 1. The minimum absolute atomic E-state index is 0.242. The molecule has 3 N–H and O–H groups in total. The van der Waals surface area contributed by atoms with Crippen molar-refractivity contribution in [1.82, 2.24) is 5.32 Å². The third kappa shape index (κ3) is 4.40. The van der Waals surface area contributed by atoms with Gasteiger partial charge in [-0.15, -0.1) is 0 Å². The van der Waals surface area contributed by atoms with E-state index in [9.17, 15) is 0 Å². The van der Waals surface area contributed by atoms with E-state index < -0.39 is 0 Å². The molecular weight excluding hydrogens is 172 g/mol. The SMILES string of the molecule is [2H]C(CCN)NC(C)Cc1ccccc1. The number of nitrogens with one attached hydrogen (secondary N) is 1. The van der Waals surface area contributed by atoms with E-state index >= 15 is 0 Å². The van der Waals surface area contributed by atoms with Crippen LogP contribution in [-0.2, 0) is 6.42 Å². The first kappa shape index (κ1) is 9.69. The van der Waals surface area contributed by atoms with E-state index in [0.29, 0.717) is 19.0 Å². The van der Waals surface area contributed by atoms with Crippen molar-refractivity contribution in [1.29, 1.82) is 0 Å². The van der Waals surface area contributed by atoms with Gasteiger partial charge in [0, 0.05) is 7.41 Å². The second-order valence-electron chi connectivity index (χ2n) is 3.54. The summed E-state index contributed by atoms with van der Waals surface area (Å²) in [5, 5.41) is 3.22. The Morgan fingerprint density at radius 3 is 2.79 bits per heavy atom. The van der Waals surface area contributed by atoms with Gasteiger partial charge in [0.05, 0.1) is 0 Å². The number of rotatable bonds is 6. The normalized spacial score (nSPS) is 16.0. The average molecular weight is 193 g/mol. The summed E-state index contributed by atoms with van der Waals surface area (Å²) < 4.78 is 7.68. The molecular formula is C12H20N2. The second-order valence-corrected chi connectivity index (χ2v) is 3.54. The van der Waals surface area contributed by atoms with Crippen LogP contribution in [0.15, 0.2) is 30.3 Å². The standard InChI is InChI=1S/C12H20N2/c1-11(14-9-5-8-13)10-12-6-3-2-4-7-12/h2-4,6-7,11,14H,5,8-10,13H2,1H3/i9D. The molecule has 0 bridgehead atoms. The lowest BCUT2D eigenvalue weighted by atomic mass is 10.1. The summed E-state index contributed by atoms with van der Waals surface area (Å²) in [7, 11) is 0. The highest BCUT2D eigenvalue weighted by atomic mass is 14.9. The third-order valence-electron chi connectivity index (χ3n) is 2.10. The number of benzene rings is 1. The van der Waals surface area contributed by atoms with Gasteiger partial charge in [0.25, 0.3) is 0 Å². The Hall–Kier alpha value is -0.860. The molecule has 0 fully saturated rings. The Labute approximate surface area is 87.9 Å². The minimum atomic E-state index is -0.242. The van der Waals surface area contributed by atoms with Crippen molar-refractivity contribution < 1.29 is 1.37 Å². The molecule has 0 aliphatic heterocycles. The molecule has 0 heterocycles. The zero-order valence-corrected chi connectivity index (χ0v) is 8.74. The summed E-state index contributed by atoms with van der Waals surface area (Å²) in [4.78, 5) is 0. The minimum Gasteiger partial charge on any atom is -0.330 e. The zero-order chi connectivity index (χ0) is 11.1. The molecule has 14 heavy (non-hydrogen) atoms. The maximum atomic E-state index is 7.68. The van der Waals surface area contributed by atoms with E-state index in [0.717, 1.165) is 6.42 Å². The van der Waals surface area contributed by atoms with Crippen LogP contribution in [0.4, 0.5) is 0 Å². The fourth-order valence-corrected chi connectivity index (χ4v) is 1.39. The second kappa shape index (κ2) is 6.57. The molecule has 1 rings (SSSR count). The van der Waals surface area contributed by atoms with Gasteiger partial charge >= 0.3 is 0 Å². The van der Waals surface area contributed by atoms with Crippen LogP contribution in [0.5, 0.6) is 0 Å². The molecule has 2 nitrogen and oxygen atoms in total. The average Bonchev–Trinajstić information content (AvgIpc) is 2.19. The van der Waals surface area contributed by atoms with E-state index in [-0.39, 0.29) is 6.52 Å². The van der Waals surface area contributed by atoms with Gasteiger partial charge < -0.3 is 11.1 Å². The largest absolute Gasteiger partial charge is 0.330 e. The van der Waals surface area contributed by atoms with Gasteiger partial charge in [0.1, 0.15) is 0 Å². The van der Waals surface area contributed by atoms with E-state index in [1.165, 1.54) is 5.56 Å². The number of hydrogen-bond acceptors (Lipinski definition) is 2. The van der Waals surface area contributed by atoms with Crippen molar-refractivity contribution in [2.45, 2.75) is 25.8 Å². The van der Waals surface area contributed by atoms with Crippen molar-refractivity contribution in [2.75, 3.05) is 13.1 Å². The van der Waals surface area contributed by atoms with Crippen molar-refractivity contribution in [3.05, 3.63) is 35.9 Å². The van der Waals surface area contributed by atoms with Gasteiger partial charge in [-0.25, -0.2) is 0 Å². The Bertz CT molecular complexity index is 264. The van der Waals surface area contributed by atoms with Crippen LogP contribution in [0, 0.1) is 0 Å². The van der Waals surface area contributed by atoms with Crippen LogP contribution in [0.1, 0.15) is 20.3 Å². The summed E-state index contributed by atoms with van der Waals surface area (Å²) >= 11 is 0. The quantitative estimate of drug-likeness (QED) is 0.719. The monoisotopic (exact) mass is 193 g/mol. The van der Waals surface area contributed by atoms with Gasteiger partial charge in [-0.2, -0.15) is 0 Å². The first-order valence-electron chi connectivity index (χ1n) is 5.72. The van der Waals surface area contributed by atoms with Gasteiger partial charge in [0.2, 0.25) is 0 Å². The maximum absolute atomic E-state index is 7.68. The summed E-state index contributed by atoms with van der Waals surface area (Å²) in [6.07, 6.45) is 1.67. The topological polar surface area (TPSA) is 38.0 Å². The van der Waals surface area contributed by atoms with Gasteiger partial charge in [-0.05, 0) is 38.4 Å². The smallest absolute Gasteiger partial charge is 0.0428 e. The van der Waals surface area contributed by atoms with Crippen molar-refractivity contribution in [3.8, 4) is 0 Å². The Morgan fingerprint density at radius 1 is 1.43 bits per heavy atom. The molecule has 0 amide bonds. The van der Waals surface area contributed by atoms with E-state index in [1.54, 1.807) is 0 Å². The highest BCUT2D eigenvalue weighted by molar-refractivity contribution is 5.15. The number of hydrogen-bond donors (Lipinski definition) is 2. The molecule has 2 unspecified atom stereocenters. The first-order chi connectivity index (χ1) is 7.22. The fraction of sp³-hybridized carbons (Fsp3) is 0.500. The summed E-state index contributed by atoms with van der Waals surface area (Å²) in [5.74, 6) is 0. The van der Waals surface area contributed by atoms with Gasteiger partial charge in [-0.3, -0.25) is 0 Å². The zero-order valence-electron chi connectivity index (χ0n) is 9.74. The fourth-order valence-electron chi connectivity index (χ4n) is 1.39. The molecule has 0 radical (unpaired) electrons. The Balaban J connectivity index is 2.33. The third-order valence-corrected chi connectivity index (χ3v) is 2.10. The first-order valence-corrected chi connectivity index (χ1v) is 5.14. The predicted octanol–water partition coefficient (Wildman–Crippen LogP) is 1.56. The van der Waals surface area contributed by atoms with Crippen molar-refractivity contribution >= 4 is 0 Å². The van der Waals surface area contributed by atoms with Crippen LogP contribution < -0.4 is 11.1 Å². The van der Waals surface area contributed by atoms with Gasteiger partial charge in [-0.1, -0.05) is 30.3 Å².